The number of para-hydroxylation sites is 3. The molecule has 2 heterocycles. The Balaban J connectivity index is 1.08. The van der Waals surface area contributed by atoms with Crippen LogP contribution in [0.25, 0.3) is 104 Å². The van der Waals surface area contributed by atoms with Gasteiger partial charge in [-0.15, -0.1) is 0 Å². The fourth-order valence-corrected chi connectivity index (χ4v) is 8.74. The van der Waals surface area contributed by atoms with E-state index in [1.165, 1.54) is 65.6 Å². The fourth-order valence-electron chi connectivity index (χ4n) is 8.74. The Labute approximate surface area is 306 Å². The van der Waals surface area contributed by atoms with E-state index >= 15 is 0 Å². The zero-order chi connectivity index (χ0) is 35.0. The Hall–Kier alpha value is -6.90. The minimum Gasteiger partial charge on any atom is -0.455 e. The molecule has 0 fully saturated rings. The van der Waals surface area contributed by atoms with Gasteiger partial charge in [-0.2, -0.15) is 0 Å². The summed E-state index contributed by atoms with van der Waals surface area (Å²) >= 11 is 0. The van der Waals surface area contributed by atoms with Crippen molar-refractivity contribution < 1.29 is 4.42 Å². The van der Waals surface area contributed by atoms with Gasteiger partial charge in [-0.1, -0.05) is 152 Å². The molecule has 0 aliphatic heterocycles. The zero-order valence-corrected chi connectivity index (χ0v) is 29.2. The lowest BCUT2D eigenvalue weighted by Gasteiger charge is -2.18. The van der Waals surface area contributed by atoms with E-state index in [4.69, 9.17) is 4.42 Å². The van der Waals surface area contributed by atoms with Crippen LogP contribution in [0.5, 0.6) is 0 Å². The highest BCUT2D eigenvalue weighted by Gasteiger charge is 2.19. The van der Waals surface area contributed by atoms with E-state index in [9.17, 15) is 0 Å². The average molecular weight is 676 g/mol. The summed E-state index contributed by atoms with van der Waals surface area (Å²) < 4.78 is 8.97. The Kier molecular flexibility index (Phi) is 6.50. The number of nitrogens with zero attached hydrogens (tertiary/aromatic N) is 1. The second kappa shape index (κ2) is 11.6. The number of hydrogen-bond acceptors (Lipinski definition) is 1. The van der Waals surface area contributed by atoms with Gasteiger partial charge in [-0.3, -0.25) is 0 Å². The maximum Gasteiger partial charge on any atom is 0.143 e. The minimum atomic E-state index is 0.937. The lowest BCUT2D eigenvalue weighted by Crippen LogP contribution is -1.94. The number of fused-ring (bicyclic) bond motifs is 8. The van der Waals surface area contributed by atoms with Crippen molar-refractivity contribution in [1.82, 2.24) is 4.57 Å². The topological polar surface area (TPSA) is 18.1 Å². The largest absolute Gasteiger partial charge is 0.455 e. The number of hydrogen-bond donors (Lipinski definition) is 0. The average Bonchev–Trinajstić information content (AvgIpc) is 3.77. The van der Waals surface area contributed by atoms with Crippen molar-refractivity contribution in [2.75, 3.05) is 0 Å². The van der Waals surface area contributed by atoms with E-state index in [2.05, 4.69) is 193 Å². The third-order valence-corrected chi connectivity index (χ3v) is 11.1. The molecule has 0 N–H and O–H groups in total. The molecule has 0 bridgehead atoms. The molecular formula is C51H33NO. The van der Waals surface area contributed by atoms with Gasteiger partial charge in [0.25, 0.3) is 0 Å². The van der Waals surface area contributed by atoms with Crippen LogP contribution < -0.4 is 0 Å². The summed E-state index contributed by atoms with van der Waals surface area (Å²) in [6.07, 6.45) is 0. The number of aromatic nitrogens is 1. The number of furan rings is 1. The summed E-state index contributed by atoms with van der Waals surface area (Å²) in [6.45, 7) is 2.11. The highest BCUT2D eigenvalue weighted by atomic mass is 16.3. The number of rotatable bonds is 4. The van der Waals surface area contributed by atoms with Gasteiger partial charge in [-0.05, 0) is 92.2 Å². The molecule has 2 heteroatoms. The van der Waals surface area contributed by atoms with E-state index in [1.807, 2.05) is 0 Å². The molecule has 9 aromatic carbocycles. The Morgan fingerprint density at radius 2 is 0.868 bits per heavy atom. The van der Waals surface area contributed by atoms with E-state index in [1.54, 1.807) is 0 Å². The molecule has 2 aromatic heterocycles. The first kappa shape index (κ1) is 29.8. The van der Waals surface area contributed by atoms with Crippen LogP contribution >= 0.6 is 0 Å². The van der Waals surface area contributed by atoms with Crippen LogP contribution in [0.3, 0.4) is 0 Å². The summed E-state index contributed by atoms with van der Waals surface area (Å²) in [7, 11) is 0. The molecule has 0 radical (unpaired) electrons. The zero-order valence-electron chi connectivity index (χ0n) is 29.2. The molecule has 0 atom stereocenters. The van der Waals surface area contributed by atoms with E-state index in [0.717, 1.165) is 44.3 Å². The molecule has 0 spiro atoms. The van der Waals surface area contributed by atoms with Crippen LogP contribution in [0, 0.1) is 6.92 Å². The molecule has 0 saturated heterocycles. The van der Waals surface area contributed by atoms with Crippen molar-refractivity contribution in [2.45, 2.75) is 6.92 Å². The van der Waals surface area contributed by atoms with Gasteiger partial charge < -0.3 is 8.98 Å². The van der Waals surface area contributed by atoms with Crippen LogP contribution in [0.1, 0.15) is 5.56 Å². The van der Waals surface area contributed by atoms with Gasteiger partial charge in [0, 0.05) is 32.8 Å². The Bertz CT molecular complexity index is 3160. The summed E-state index contributed by atoms with van der Waals surface area (Å²) in [4.78, 5) is 0. The fraction of sp³-hybridized carbons (Fsp3) is 0.0196. The number of benzene rings is 9. The molecule has 0 aliphatic rings. The highest BCUT2D eigenvalue weighted by molar-refractivity contribution is 6.21. The maximum absolute atomic E-state index is 6.57. The van der Waals surface area contributed by atoms with E-state index in [0.29, 0.717) is 0 Å². The second-order valence-corrected chi connectivity index (χ2v) is 14.1. The van der Waals surface area contributed by atoms with Crippen molar-refractivity contribution in [1.29, 1.82) is 0 Å². The summed E-state index contributed by atoms with van der Waals surface area (Å²) in [6, 6.07) is 66.1. The standard InChI is InChI=1S/C51H33NO/c1-32-13-11-22-43-44-23-12-21-37(51(44)53-50(32)43)35-27-30-47-45(31-35)38-16-9-10-24-46(38)52(47)36-28-25-34(26-29-36)49-41-19-7-5-17-39(41)48(33-14-3-2-4-15-33)40-18-6-8-20-42(40)49/h2-31H,1H3. The van der Waals surface area contributed by atoms with Crippen molar-refractivity contribution in [2.24, 2.45) is 0 Å². The molecule has 53 heavy (non-hydrogen) atoms. The molecule has 11 rings (SSSR count). The smallest absolute Gasteiger partial charge is 0.143 e. The predicted octanol–water partition coefficient (Wildman–Crippen LogP) is 14.3. The van der Waals surface area contributed by atoms with Gasteiger partial charge in [-0.25, -0.2) is 0 Å². The van der Waals surface area contributed by atoms with Crippen LogP contribution in [0.15, 0.2) is 186 Å². The summed E-state index contributed by atoms with van der Waals surface area (Å²) in [5.74, 6) is 0. The van der Waals surface area contributed by atoms with Crippen molar-refractivity contribution >= 4 is 65.3 Å². The lowest BCUT2D eigenvalue weighted by molar-refractivity contribution is 0.667. The molecule has 0 amide bonds. The van der Waals surface area contributed by atoms with Crippen molar-refractivity contribution in [3.63, 3.8) is 0 Å². The monoisotopic (exact) mass is 675 g/mol. The summed E-state index contributed by atoms with van der Waals surface area (Å²) in [5.41, 5.74) is 13.8. The molecule has 0 saturated carbocycles. The van der Waals surface area contributed by atoms with E-state index < -0.39 is 0 Å². The van der Waals surface area contributed by atoms with Crippen LogP contribution in [-0.4, -0.2) is 4.57 Å². The van der Waals surface area contributed by atoms with Crippen molar-refractivity contribution in [3.05, 3.63) is 188 Å². The molecule has 0 aliphatic carbocycles. The van der Waals surface area contributed by atoms with Crippen LogP contribution in [0.2, 0.25) is 0 Å². The van der Waals surface area contributed by atoms with Gasteiger partial charge in [0.1, 0.15) is 11.2 Å². The minimum absolute atomic E-state index is 0.937. The number of aryl methyl sites for hydroxylation is 1. The molecule has 11 aromatic rings. The third kappa shape index (κ3) is 4.46. The van der Waals surface area contributed by atoms with E-state index in [-0.39, 0.29) is 0 Å². The molecule has 248 valence electrons. The van der Waals surface area contributed by atoms with Gasteiger partial charge in [0.05, 0.1) is 11.0 Å². The van der Waals surface area contributed by atoms with Gasteiger partial charge >= 0.3 is 0 Å². The van der Waals surface area contributed by atoms with Gasteiger partial charge in [0.2, 0.25) is 0 Å². The highest BCUT2D eigenvalue weighted by Crippen LogP contribution is 2.44. The first-order valence-electron chi connectivity index (χ1n) is 18.3. The molecule has 0 unspecified atom stereocenters. The predicted molar refractivity (Wildman–Crippen MR) is 224 cm³/mol. The van der Waals surface area contributed by atoms with Crippen LogP contribution in [-0.2, 0) is 0 Å². The first-order chi connectivity index (χ1) is 26.2. The Morgan fingerprint density at radius 1 is 0.358 bits per heavy atom. The van der Waals surface area contributed by atoms with Crippen molar-refractivity contribution in [3.8, 4) is 39.1 Å². The SMILES string of the molecule is Cc1cccc2c1oc1c(-c3ccc4c(c3)c3ccccc3n4-c3ccc(-c4c5ccccc5c(-c5ccccc5)c5ccccc45)cc3)cccc12. The van der Waals surface area contributed by atoms with Crippen LogP contribution in [0.4, 0.5) is 0 Å². The maximum atomic E-state index is 6.57. The third-order valence-electron chi connectivity index (χ3n) is 11.1. The summed E-state index contributed by atoms with van der Waals surface area (Å²) in [5, 5.41) is 9.82. The quantitative estimate of drug-likeness (QED) is 0.170. The second-order valence-electron chi connectivity index (χ2n) is 14.1. The molecule has 2 nitrogen and oxygen atoms in total. The lowest BCUT2D eigenvalue weighted by atomic mass is 9.86. The Morgan fingerprint density at radius 3 is 1.55 bits per heavy atom. The van der Waals surface area contributed by atoms with Gasteiger partial charge in [0.15, 0.2) is 0 Å². The normalized spacial score (nSPS) is 11.9. The molecular weight excluding hydrogens is 643 g/mol. The first-order valence-corrected chi connectivity index (χ1v) is 18.3.